The van der Waals surface area contributed by atoms with Gasteiger partial charge in [-0.05, 0) is 57.8 Å². The summed E-state index contributed by atoms with van der Waals surface area (Å²) >= 11 is 0. The van der Waals surface area contributed by atoms with E-state index in [0.29, 0.717) is 19.4 Å². The standard InChI is InChI=1S/C66H127NO5/c1-3-5-7-9-11-13-15-40-44-48-52-56-60-66(71)72-61-57-53-49-45-41-37-35-33-31-29-27-25-23-21-19-17-16-18-20-22-24-26-28-30-32-34-36-39-43-47-51-55-59-65(70)67-63(62-68)64(69)58-54-50-46-42-38-14-12-10-8-6-4-2/h11,13,54,58,63-64,68-69H,3-10,12,14-53,55-57,59-62H2,1-2H3,(H,67,70)/b13-11-,58-54+. The van der Waals surface area contributed by atoms with Crippen molar-refractivity contribution in [3.8, 4) is 0 Å². The molecule has 426 valence electrons. The summed E-state index contributed by atoms with van der Waals surface area (Å²) in [6.07, 6.45) is 76.8. The van der Waals surface area contributed by atoms with Crippen molar-refractivity contribution in [3.63, 3.8) is 0 Å². The molecule has 3 N–H and O–H groups in total. The number of carbonyl (C=O) groups is 2. The Hall–Kier alpha value is -1.66. The molecule has 0 heterocycles. The quantitative estimate of drug-likeness (QED) is 0.0320. The van der Waals surface area contributed by atoms with Crippen LogP contribution in [0, 0.1) is 0 Å². The van der Waals surface area contributed by atoms with E-state index in [4.69, 9.17) is 4.74 Å². The maximum atomic E-state index is 12.4. The molecule has 0 aliphatic carbocycles. The molecule has 0 aliphatic heterocycles. The molecule has 0 aliphatic rings. The van der Waals surface area contributed by atoms with E-state index in [1.807, 2.05) is 6.08 Å². The topological polar surface area (TPSA) is 95.9 Å². The van der Waals surface area contributed by atoms with Crippen molar-refractivity contribution in [2.45, 2.75) is 373 Å². The molecule has 0 aromatic carbocycles. The first-order chi connectivity index (χ1) is 35.5. The van der Waals surface area contributed by atoms with Crippen molar-refractivity contribution >= 4 is 11.9 Å². The minimum absolute atomic E-state index is 0.0109. The van der Waals surface area contributed by atoms with Gasteiger partial charge in [0.05, 0.1) is 25.4 Å². The molecule has 0 bridgehead atoms. The highest BCUT2D eigenvalue weighted by molar-refractivity contribution is 5.76. The van der Waals surface area contributed by atoms with Crippen molar-refractivity contribution in [2.75, 3.05) is 13.2 Å². The van der Waals surface area contributed by atoms with Gasteiger partial charge in [0.15, 0.2) is 0 Å². The van der Waals surface area contributed by atoms with Crippen molar-refractivity contribution in [1.29, 1.82) is 0 Å². The largest absolute Gasteiger partial charge is 0.466 e. The van der Waals surface area contributed by atoms with Gasteiger partial charge in [0.25, 0.3) is 0 Å². The first-order valence-electron chi connectivity index (χ1n) is 32.6. The van der Waals surface area contributed by atoms with Crippen molar-refractivity contribution in [1.82, 2.24) is 5.32 Å². The summed E-state index contributed by atoms with van der Waals surface area (Å²) in [5.74, 6) is -0.0525. The zero-order valence-corrected chi connectivity index (χ0v) is 48.7. The highest BCUT2D eigenvalue weighted by Gasteiger charge is 2.18. The normalized spacial score (nSPS) is 12.7. The van der Waals surface area contributed by atoms with Crippen LogP contribution in [0.3, 0.4) is 0 Å². The van der Waals surface area contributed by atoms with E-state index >= 15 is 0 Å². The van der Waals surface area contributed by atoms with Gasteiger partial charge in [0.1, 0.15) is 0 Å². The average Bonchev–Trinajstić information content (AvgIpc) is 3.38. The maximum absolute atomic E-state index is 12.4. The van der Waals surface area contributed by atoms with Crippen molar-refractivity contribution in [2.24, 2.45) is 0 Å². The Labute approximate surface area is 450 Å². The summed E-state index contributed by atoms with van der Waals surface area (Å²) in [7, 11) is 0. The molecule has 2 unspecified atom stereocenters. The molecule has 0 radical (unpaired) electrons. The van der Waals surface area contributed by atoms with Crippen LogP contribution in [0.4, 0.5) is 0 Å². The lowest BCUT2D eigenvalue weighted by molar-refractivity contribution is -0.143. The summed E-state index contributed by atoms with van der Waals surface area (Å²) in [5, 5.41) is 23.0. The number of hydrogen-bond donors (Lipinski definition) is 3. The SMILES string of the molecule is CCCCC/C=C\CCCCCCCC(=O)OCCCCCCCCCCCCCCCCCCCCCCCCCCCCCCCCCCC(=O)NC(CO)C(O)/C=C/CCCCCCCCCCC. The van der Waals surface area contributed by atoms with Gasteiger partial charge in [0.2, 0.25) is 5.91 Å². The Kier molecular flexibility index (Phi) is 60.5. The Balaban J connectivity index is 3.31. The van der Waals surface area contributed by atoms with E-state index in [1.54, 1.807) is 6.08 Å². The molecule has 6 heteroatoms. The molecule has 0 saturated carbocycles. The van der Waals surface area contributed by atoms with Crippen LogP contribution in [-0.4, -0.2) is 47.4 Å². The predicted octanol–water partition coefficient (Wildman–Crippen LogP) is 20.6. The number of aliphatic hydroxyl groups excluding tert-OH is 2. The van der Waals surface area contributed by atoms with Gasteiger partial charge in [0, 0.05) is 12.8 Å². The van der Waals surface area contributed by atoms with Crippen molar-refractivity contribution in [3.05, 3.63) is 24.3 Å². The summed E-state index contributed by atoms with van der Waals surface area (Å²) in [6, 6.07) is -0.622. The van der Waals surface area contributed by atoms with E-state index in [1.165, 1.54) is 289 Å². The minimum Gasteiger partial charge on any atom is -0.466 e. The smallest absolute Gasteiger partial charge is 0.305 e. The molecule has 6 nitrogen and oxygen atoms in total. The fourth-order valence-electron chi connectivity index (χ4n) is 10.2. The van der Waals surface area contributed by atoms with Gasteiger partial charge in [-0.15, -0.1) is 0 Å². The van der Waals surface area contributed by atoms with Gasteiger partial charge < -0.3 is 20.3 Å². The van der Waals surface area contributed by atoms with Crippen LogP contribution in [0.25, 0.3) is 0 Å². The number of amides is 1. The van der Waals surface area contributed by atoms with Gasteiger partial charge in [-0.2, -0.15) is 0 Å². The summed E-state index contributed by atoms with van der Waals surface area (Å²) in [5.41, 5.74) is 0. The Morgan fingerprint density at radius 2 is 0.653 bits per heavy atom. The maximum Gasteiger partial charge on any atom is 0.305 e. The first-order valence-corrected chi connectivity index (χ1v) is 32.6. The second-order valence-corrected chi connectivity index (χ2v) is 22.5. The molecule has 0 aromatic heterocycles. The van der Waals surface area contributed by atoms with E-state index in [2.05, 4.69) is 31.3 Å². The van der Waals surface area contributed by atoms with Crippen LogP contribution in [0.1, 0.15) is 361 Å². The van der Waals surface area contributed by atoms with Crippen LogP contribution in [0.2, 0.25) is 0 Å². The zero-order chi connectivity index (χ0) is 52.2. The van der Waals surface area contributed by atoms with Crippen LogP contribution < -0.4 is 5.32 Å². The lowest BCUT2D eigenvalue weighted by Crippen LogP contribution is -2.45. The first kappa shape index (κ1) is 70.3. The van der Waals surface area contributed by atoms with Gasteiger partial charge >= 0.3 is 5.97 Å². The zero-order valence-electron chi connectivity index (χ0n) is 48.7. The number of ether oxygens (including phenoxy) is 1. The number of carbonyl (C=O) groups excluding carboxylic acids is 2. The molecule has 0 aromatic rings. The molecule has 72 heavy (non-hydrogen) atoms. The van der Waals surface area contributed by atoms with Gasteiger partial charge in [-0.25, -0.2) is 0 Å². The van der Waals surface area contributed by atoms with Crippen LogP contribution in [0.5, 0.6) is 0 Å². The fraction of sp³-hybridized carbons (Fsp3) is 0.909. The number of hydrogen-bond acceptors (Lipinski definition) is 5. The molecule has 0 saturated heterocycles. The van der Waals surface area contributed by atoms with Crippen LogP contribution in [-0.2, 0) is 14.3 Å². The van der Waals surface area contributed by atoms with Crippen LogP contribution >= 0.6 is 0 Å². The third-order valence-electron chi connectivity index (χ3n) is 15.2. The lowest BCUT2D eigenvalue weighted by Gasteiger charge is -2.20. The second-order valence-electron chi connectivity index (χ2n) is 22.5. The Bertz CT molecular complexity index is 1120. The van der Waals surface area contributed by atoms with E-state index in [0.717, 1.165) is 44.9 Å². The second kappa shape index (κ2) is 61.9. The number of allylic oxidation sites excluding steroid dienone is 3. The number of nitrogens with one attached hydrogen (secondary N) is 1. The number of unbranched alkanes of at least 4 members (excludes halogenated alkanes) is 48. The minimum atomic E-state index is -0.839. The molecular weight excluding hydrogens is 887 g/mol. The number of aliphatic hydroxyl groups is 2. The van der Waals surface area contributed by atoms with Crippen LogP contribution in [0.15, 0.2) is 24.3 Å². The summed E-state index contributed by atoms with van der Waals surface area (Å²) in [6.45, 7) is 4.89. The fourth-order valence-corrected chi connectivity index (χ4v) is 10.2. The number of rotatable bonds is 61. The Morgan fingerprint density at radius 3 is 1.01 bits per heavy atom. The molecule has 0 spiro atoms. The molecule has 1 amide bonds. The molecule has 0 fully saturated rings. The lowest BCUT2D eigenvalue weighted by atomic mass is 10.0. The summed E-state index contributed by atoms with van der Waals surface area (Å²) < 4.78 is 5.47. The predicted molar refractivity (Wildman–Crippen MR) is 315 cm³/mol. The van der Waals surface area contributed by atoms with E-state index in [9.17, 15) is 19.8 Å². The molecule has 2 atom stereocenters. The average molecular weight is 1010 g/mol. The third kappa shape index (κ3) is 57.6. The van der Waals surface area contributed by atoms with E-state index < -0.39 is 12.1 Å². The van der Waals surface area contributed by atoms with Crippen molar-refractivity contribution < 1.29 is 24.5 Å². The van der Waals surface area contributed by atoms with E-state index in [-0.39, 0.29) is 18.5 Å². The molecular formula is C66H127NO5. The Morgan fingerprint density at radius 1 is 0.375 bits per heavy atom. The monoisotopic (exact) mass is 1010 g/mol. The van der Waals surface area contributed by atoms with Gasteiger partial charge in [-0.3, -0.25) is 9.59 Å². The highest BCUT2D eigenvalue weighted by atomic mass is 16.5. The highest BCUT2D eigenvalue weighted by Crippen LogP contribution is 2.18. The number of esters is 1. The summed E-state index contributed by atoms with van der Waals surface area (Å²) in [4.78, 5) is 24.4. The molecule has 0 rings (SSSR count). The van der Waals surface area contributed by atoms with Gasteiger partial charge in [-0.1, -0.05) is 314 Å². The third-order valence-corrected chi connectivity index (χ3v) is 15.2.